The monoisotopic (exact) mass is 280 g/mol. The minimum atomic E-state index is -0.0709. The molecule has 0 aromatic heterocycles. The third-order valence-electron chi connectivity index (χ3n) is 2.90. The topological polar surface area (TPSA) is 32.3 Å². The van der Waals surface area contributed by atoms with Crippen molar-refractivity contribution in [2.45, 2.75) is 39.5 Å². The van der Waals surface area contributed by atoms with Crippen LogP contribution < -0.4 is 5.32 Å². The van der Waals surface area contributed by atoms with Gasteiger partial charge in [-0.05, 0) is 42.0 Å². The van der Waals surface area contributed by atoms with Crippen LogP contribution in [0.3, 0.4) is 0 Å². The highest BCUT2D eigenvalue weighted by atomic mass is 32.2. The average molecular weight is 280 g/mol. The van der Waals surface area contributed by atoms with Gasteiger partial charge in [0, 0.05) is 18.5 Å². The molecule has 3 nitrogen and oxygen atoms in total. The molecule has 1 rings (SSSR count). The van der Waals surface area contributed by atoms with Crippen molar-refractivity contribution >= 4 is 23.7 Å². The van der Waals surface area contributed by atoms with Gasteiger partial charge in [0.05, 0.1) is 0 Å². The summed E-state index contributed by atoms with van der Waals surface area (Å²) in [4.78, 5) is 11.9. The molecule has 0 saturated heterocycles. The minimum Gasteiger partial charge on any atom is -0.307 e. The average Bonchev–Trinajstić information content (AvgIpc) is 2.39. The normalized spacial score (nSPS) is 10.6. The predicted octanol–water partition coefficient (Wildman–Crippen LogP) is 4.72. The number of unbranched alkanes of at least 4 members (excludes halogenated alkanes) is 1. The lowest BCUT2D eigenvalue weighted by Gasteiger charge is -2.16. The number of amides is 2. The molecule has 0 aliphatic rings. The van der Waals surface area contributed by atoms with Gasteiger partial charge in [-0.15, -0.1) is 0 Å². The first kappa shape index (κ1) is 15.9. The lowest BCUT2D eigenvalue weighted by atomic mass is 10.0. The van der Waals surface area contributed by atoms with E-state index in [1.165, 1.54) is 5.56 Å². The van der Waals surface area contributed by atoms with E-state index >= 15 is 0 Å². The molecule has 0 radical (unpaired) electrons. The first-order chi connectivity index (χ1) is 9.04. The molecule has 0 aliphatic heterocycles. The fourth-order valence-corrected chi connectivity index (χ4v) is 2.41. The highest BCUT2D eigenvalue weighted by Gasteiger charge is 2.09. The van der Waals surface area contributed by atoms with E-state index in [4.69, 9.17) is 0 Å². The number of nitrogens with one attached hydrogen (secondary N) is 1. The van der Waals surface area contributed by atoms with Gasteiger partial charge in [-0.3, -0.25) is 4.31 Å². The van der Waals surface area contributed by atoms with Gasteiger partial charge in [-0.25, -0.2) is 4.79 Å². The van der Waals surface area contributed by atoms with Gasteiger partial charge in [-0.2, -0.15) is 0 Å². The second-order valence-electron chi connectivity index (χ2n) is 4.89. The summed E-state index contributed by atoms with van der Waals surface area (Å²) >= 11 is 1.56. The molecule has 0 heterocycles. The van der Waals surface area contributed by atoms with Crippen molar-refractivity contribution in [1.29, 1.82) is 0 Å². The summed E-state index contributed by atoms with van der Waals surface area (Å²) in [5.74, 6) is 1.49. The Balaban J connectivity index is 2.47. The van der Waals surface area contributed by atoms with Crippen LogP contribution in [0.2, 0.25) is 0 Å². The largest absolute Gasteiger partial charge is 0.331 e. The molecule has 1 aromatic carbocycles. The number of hydrogen-bond donors (Lipinski definition) is 1. The zero-order valence-electron chi connectivity index (χ0n) is 12.3. The van der Waals surface area contributed by atoms with E-state index in [-0.39, 0.29) is 6.03 Å². The Morgan fingerprint density at radius 1 is 1.32 bits per heavy atom. The smallest absolute Gasteiger partial charge is 0.307 e. The molecule has 0 saturated carbocycles. The van der Waals surface area contributed by atoms with Crippen LogP contribution in [0.5, 0.6) is 0 Å². The summed E-state index contributed by atoms with van der Waals surface area (Å²) in [6, 6.07) is 7.96. The maximum Gasteiger partial charge on any atom is 0.331 e. The van der Waals surface area contributed by atoms with Crippen molar-refractivity contribution in [3.05, 3.63) is 29.8 Å². The molecule has 2 amide bonds. The SMILES string of the molecule is CCCCSN(C)C(=O)Nc1ccc(C(C)C)cc1. The van der Waals surface area contributed by atoms with Crippen molar-refractivity contribution < 1.29 is 4.79 Å². The van der Waals surface area contributed by atoms with Crippen LogP contribution in [0, 0.1) is 0 Å². The third-order valence-corrected chi connectivity index (χ3v) is 3.92. The molecular weight excluding hydrogens is 256 g/mol. The van der Waals surface area contributed by atoms with Crippen LogP contribution in [-0.4, -0.2) is 23.1 Å². The Morgan fingerprint density at radius 3 is 2.47 bits per heavy atom. The molecule has 106 valence electrons. The Labute approximate surface area is 120 Å². The number of carbonyl (C=O) groups excluding carboxylic acids is 1. The standard InChI is InChI=1S/C15H24N2OS/c1-5-6-11-19-17(4)15(18)16-14-9-7-13(8-10-14)12(2)3/h7-10,12H,5-6,11H2,1-4H3,(H,16,18). The molecule has 0 unspecified atom stereocenters. The van der Waals surface area contributed by atoms with Gasteiger partial charge in [0.15, 0.2) is 0 Å². The molecule has 1 aromatic rings. The fourth-order valence-electron chi connectivity index (χ4n) is 1.56. The van der Waals surface area contributed by atoms with Gasteiger partial charge < -0.3 is 5.32 Å². The second-order valence-corrected chi connectivity index (χ2v) is 6.11. The first-order valence-electron chi connectivity index (χ1n) is 6.82. The van der Waals surface area contributed by atoms with Crippen LogP contribution in [0.25, 0.3) is 0 Å². The summed E-state index contributed by atoms with van der Waals surface area (Å²) in [6.07, 6.45) is 2.28. The lowest BCUT2D eigenvalue weighted by molar-refractivity contribution is 0.243. The zero-order chi connectivity index (χ0) is 14.3. The molecular formula is C15H24N2OS. The van der Waals surface area contributed by atoms with Crippen molar-refractivity contribution in [1.82, 2.24) is 4.31 Å². The maximum absolute atomic E-state index is 11.9. The van der Waals surface area contributed by atoms with E-state index < -0.39 is 0 Å². The Bertz CT molecular complexity index is 390. The van der Waals surface area contributed by atoms with Crippen molar-refractivity contribution in [3.8, 4) is 0 Å². The number of hydrogen-bond acceptors (Lipinski definition) is 2. The minimum absolute atomic E-state index is 0.0709. The van der Waals surface area contributed by atoms with E-state index in [1.54, 1.807) is 23.3 Å². The zero-order valence-corrected chi connectivity index (χ0v) is 13.1. The molecule has 0 aliphatic carbocycles. The molecule has 4 heteroatoms. The number of benzene rings is 1. The number of carbonyl (C=O) groups is 1. The van der Waals surface area contributed by atoms with E-state index in [0.717, 1.165) is 24.3 Å². The van der Waals surface area contributed by atoms with Gasteiger partial charge in [0.1, 0.15) is 0 Å². The number of nitrogens with zero attached hydrogens (tertiary/aromatic N) is 1. The number of rotatable bonds is 6. The van der Waals surface area contributed by atoms with Gasteiger partial charge in [0.2, 0.25) is 0 Å². The summed E-state index contributed by atoms with van der Waals surface area (Å²) < 4.78 is 1.66. The lowest BCUT2D eigenvalue weighted by Crippen LogP contribution is -2.25. The summed E-state index contributed by atoms with van der Waals surface area (Å²) in [5, 5.41) is 2.90. The van der Waals surface area contributed by atoms with Crippen LogP contribution in [-0.2, 0) is 0 Å². The Morgan fingerprint density at radius 2 is 1.95 bits per heavy atom. The van der Waals surface area contributed by atoms with Gasteiger partial charge in [0.25, 0.3) is 0 Å². The molecule has 0 bridgehead atoms. The van der Waals surface area contributed by atoms with Gasteiger partial charge >= 0.3 is 6.03 Å². The van der Waals surface area contributed by atoms with Crippen molar-refractivity contribution in [3.63, 3.8) is 0 Å². The van der Waals surface area contributed by atoms with E-state index in [9.17, 15) is 4.79 Å². The van der Waals surface area contributed by atoms with E-state index in [0.29, 0.717) is 5.92 Å². The molecule has 0 fully saturated rings. The van der Waals surface area contributed by atoms with E-state index in [2.05, 4.69) is 38.2 Å². The summed E-state index contributed by atoms with van der Waals surface area (Å²) in [6.45, 7) is 6.47. The van der Waals surface area contributed by atoms with Crippen LogP contribution in [0.1, 0.15) is 45.1 Å². The summed E-state index contributed by atoms with van der Waals surface area (Å²) in [5.41, 5.74) is 2.13. The van der Waals surface area contributed by atoms with Crippen LogP contribution >= 0.6 is 11.9 Å². The molecule has 1 N–H and O–H groups in total. The molecule has 0 atom stereocenters. The van der Waals surface area contributed by atoms with Crippen LogP contribution in [0.4, 0.5) is 10.5 Å². The Kier molecular flexibility index (Phi) is 6.78. The van der Waals surface area contributed by atoms with Gasteiger partial charge in [-0.1, -0.05) is 39.3 Å². The fraction of sp³-hybridized carbons (Fsp3) is 0.533. The number of urea groups is 1. The highest BCUT2D eigenvalue weighted by molar-refractivity contribution is 7.97. The van der Waals surface area contributed by atoms with E-state index in [1.807, 2.05) is 12.1 Å². The third kappa shape index (κ3) is 5.55. The maximum atomic E-state index is 11.9. The molecule has 19 heavy (non-hydrogen) atoms. The summed E-state index contributed by atoms with van der Waals surface area (Å²) in [7, 11) is 1.80. The van der Waals surface area contributed by atoms with Crippen LogP contribution in [0.15, 0.2) is 24.3 Å². The second kappa shape index (κ2) is 8.10. The quantitative estimate of drug-likeness (QED) is 0.604. The Hall–Kier alpha value is -1.16. The van der Waals surface area contributed by atoms with Crippen molar-refractivity contribution in [2.24, 2.45) is 0 Å². The highest BCUT2D eigenvalue weighted by Crippen LogP contribution is 2.18. The molecule has 0 spiro atoms. The number of anilines is 1. The first-order valence-corrected chi connectivity index (χ1v) is 7.76. The predicted molar refractivity (Wildman–Crippen MR) is 84.7 cm³/mol. The van der Waals surface area contributed by atoms with Crippen molar-refractivity contribution in [2.75, 3.05) is 18.1 Å².